The summed E-state index contributed by atoms with van der Waals surface area (Å²) in [6.45, 7) is 8.64. The van der Waals surface area contributed by atoms with Crippen LogP contribution in [-0.4, -0.2) is 9.13 Å². The number of hydrogen-bond acceptors (Lipinski definition) is 0. The fourth-order valence-corrected chi connectivity index (χ4v) is 7.92. The molecule has 0 radical (unpaired) electrons. The Morgan fingerprint density at radius 1 is 0.553 bits per heavy atom. The normalized spacial score (nSPS) is 13.5. The fourth-order valence-electron chi connectivity index (χ4n) is 7.92. The molecule has 0 bridgehead atoms. The summed E-state index contributed by atoms with van der Waals surface area (Å²) in [7, 11) is 0. The highest BCUT2D eigenvalue weighted by molar-refractivity contribution is 6.09. The Kier molecular flexibility index (Phi) is 6.04. The van der Waals surface area contributed by atoms with E-state index in [-0.39, 0.29) is 5.41 Å². The third kappa shape index (κ3) is 4.05. The molecule has 2 aromatic heterocycles. The van der Waals surface area contributed by atoms with E-state index < -0.39 is 0 Å². The molecule has 0 unspecified atom stereocenters. The summed E-state index contributed by atoms with van der Waals surface area (Å²) in [6, 6.07) is 51.2. The molecule has 0 N–H and O–H groups in total. The monoisotopic (exact) mass is 602 g/mol. The summed E-state index contributed by atoms with van der Waals surface area (Å²) in [5.41, 5.74) is 14.8. The van der Waals surface area contributed by atoms with E-state index in [2.05, 4.69) is 175 Å². The van der Waals surface area contributed by atoms with Crippen LogP contribution in [0.5, 0.6) is 0 Å². The quantitative estimate of drug-likeness (QED) is 0.173. The molecule has 0 aliphatic heterocycles. The van der Waals surface area contributed by atoms with Crippen LogP contribution in [0.3, 0.4) is 0 Å². The Morgan fingerprint density at radius 3 is 2.00 bits per heavy atom. The zero-order chi connectivity index (χ0) is 31.7. The molecule has 224 valence electrons. The number of aromatic nitrogens is 2. The second-order valence-electron chi connectivity index (χ2n) is 13.1. The van der Waals surface area contributed by atoms with Gasteiger partial charge < -0.3 is 9.13 Å². The average molecular weight is 603 g/mol. The van der Waals surface area contributed by atoms with Crippen LogP contribution >= 0.6 is 0 Å². The van der Waals surface area contributed by atoms with Crippen LogP contribution in [0.15, 0.2) is 158 Å². The first-order valence-corrected chi connectivity index (χ1v) is 16.3. The van der Waals surface area contributed by atoms with Gasteiger partial charge in [-0.1, -0.05) is 124 Å². The Bertz CT molecular complexity index is 2510. The van der Waals surface area contributed by atoms with Gasteiger partial charge in [-0.2, -0.15) is 0 Å². The molecule has 6 aromatic carbocycles. The number of hydrogen-bond donors (Lipinski definition) is 0. The minimum atomic E-state index is -0.152. The lowest BCUT2D eigenvalue weighted by Gasteiger charge is -2.22. The van der Waals surface area contributed by atoms with Crippen LogP contribution in [0.2, 0.25) is 0 Å². The van der Waals surface area contributed by atoms with E-state index in [1.807, 2.05) is 12.2 Å². The highest BCUT2D eigenvalue weighted by atomic mass is 15.0. The molecular weight excluding hydrogens is 569 g/mol. The van der Waals surface area contributed by atoms with Gasteiger partial charge in [0.05, 0.1) is 16.6 Å². The molecule has 0 spiro atoms. The number of benzene rings is 6. The lowest BCUT2D eigenvalue weighted by molar-refractivity contribution is 0.660. The third-order valence-corrected chi connectivity index (χ3v) is 10.1. The van der Waals surface area contributed by atoms with Gasteiger partial charge in [-0.05, 0) is 88.0 Å². The Labute approximate surface area is 275 Å². The predicted molar refractivity (Wildman–Crippen MR) is 200 cm³/mol. The molecule has 9 rings (SSSR count). The fraction of sp³-hybridized carbons (Fsp3) is 0.0667. The largest absolute Gasteiger partial charge is 0.310 e. The highest BCUT2D eigenvalue weighted by Crippen LogP contribution is 2.53. The molecule has 2 heteroatoms. The molecule has 2 heterocycles. The molecule has 8 aromatic rings. The average Bonchev–Trinajstić information content (AvgIpc) is 3.73. The van der Waals surface area contributed by atoms with Gasteiger partial charge in [0.2, 0.25) is 0 Å². The first kappa shape index (κ1) is 27.5. The van der Waals surface area contributed by atoms with E-state index in [4.69, 9.17) is 0 Å². The first-order chi connectivity index (χ1) is 23.0. The lowest BCUT2D eigenvalue weighted by Crippen LogP contribution is -2.15. The zero-order valence-electron chi connectivity index (χ0n) is 26.6. The maximum Gasteiger partial charge on any atom is 0.0541 e. The van der Waals surface area contributed by atoms with Gasteiger partial charge >= 0.3 is 0 Å². The van der Waals surface area contributed by atoms with Gasteiger partial charge in [-0.15, -0.1) is 0 Å². The minimum absolute atomic E-state index is 0.152. The summed E-state index contributed by atoms with van der Waals surface area (Å²) in [4.78, 5) is 0. The second kappa shape index (κ2) is 10.3. The van der Waals surface area contributed by atoms with E-state index in [1.165, 1.54) is 77.5 Å². The molecule has 0 atom stereocenters. The molecule has 2 nitrogen and oxygen atoms in total. The van der Waals surface area contributed by atoms with E-state index in [0.29, 0.717) is 0 Å². The van der Waals surface area contributed by atoms with Crippen LogP contribution in [0.4, 0.5) is 0 Å². The van der Waals surface area contributed by atoms with Crippen molar-refractivity contribution < 1.29 is 0 Å². The minimum Gasteiger partial charge on any atom is -0.310 e. The molecular formula is C45H34N2. The first-order valence-electron chi connectivity index (χ1n) is 16.3. The number of allylic oxidation sites excluding steroid dienone is 2. The number of para-hydroxylation sites is 3. The van der Waals surface area contributed by atoms with Crippen LogP contribution in [0.25, 0.3) is 72.4 Å². The van der Waals surface area contributed by atoms with Gasteiger partial charge in [0, 0.05) is 38.6 Å². The topological polar surface area (TPSA) is 9.86 Å². The third-order valence-electron chi connectivity index (χ3n) is 10.1. The van der Waals surface area contributed by atoms with Crippen molar-refractivity contribution in [2.45, 2.75) is 19.3 Å². The van der Waals surface area contributed by atoms with Gasteiger partial charge in [0.1, 0.15) is 0 Å². The summed E-state index contributed by atoms with van der Waals surface area (Å²) in [6.07, 6.45) is 5.99. The van der Waals surface area contributed by atoms with Gasteiger partial charge in [-0.25, -0.2) is 0 Å². The standard InChI is InChI=1S/C45H34N2/c1-4-5-16-32-28-31-14-6-9-22-41(31)46(32)34-25-26-38-40(29-34)45(2,3)39-21-13-20-35(44(38)39)30-15-12-17-33(27-30)47-42-23-10-7-18-36(42)37-19-8-11-24-43(37)47/h4-29H,1H2,2-3H3/b16-5-. The van der Waals surface area contributed by atoms with Crippen molar-refractivity contribution in [2.24, 2.45) is 0 Å². The Morgan fingerprint density at radius 2 is 1.23 bits per heavy atom. The molecule has 1 aliphatic rings. The van der Waals surface area contributed by atoms with Crippen molar-refractivity contribution in [1.82, 2.24) is 9.13 Å². The summed E-state index contributed by atoms with van der Waals surface area (Å²) in [5.74, 6) is 0. The van der Waals surface area contributed by atoms with Crippen molar-refractivity contribution in [2.75, 3.05) is 0 Å². The Hall–Kier alpha value is -5.86. The number of fused-ring (bicyclic) bond motifs is 7. The molecule has 0 fully saturated rings. The van der Waals surface area contributed by atoms with E-state index in [0.717, 1.165) is 5.69 Å². The maximum absolute atomic E-state index is 3.90. The Balaban J connectivity index is 1.22. The van der Waals surface area contributed by atoms with Crippen LogP contribution < -0.4 is 0 Å². The number of rotatable bonds is 5. The molecule has 0 saturated carbocycles. The van der Waals surface area contributed by atoms with Gasteiger partial charge in [0.25, 0.3) is 0 Å². The van der Waals surface area contributed by atoms with Crippen LogP contribution in [-0.2, 0) is 5.41 Å². The summed E-state index contributed by atoms with van der Waals surface area (Å²) >= 11 is 0. The van der Waals surface area contributed by atoms with Crippen molar-refractivity contribution >= 4 is 38.8 Å². The number of nitrogens with zero attached hydrogens (tertiary/aromatic N) is 2. The summed E-state index contributed by atoms with van der Waals surface area (Å²) in [5, 5.41) is 3.78. The van der Waals surface area contributed by atoms with Crippen molar-refractivity contribution in [3.63, 3.8) is 0 Å². The van der Waals surface area contributed by atoms with Crippen molar-refractivity contribution in [3.05, 3.63) is 175 Å². The molecule has 1 aliphatic carbocycles. The molecule has 0 saturated heterocycles. The SMILES string of the molecule is C=C/C=C\c1cc2ccccc2n1-c1ccc2c(c1)C(C)(C)c1cccc(-c3cccc(-n4c5ccccc5c5ccccc54)c3)c1-2. The smallest absolute Gasteiger partial charge is 0.0541 e. The molecule has 0 amide bonds. The zero-order valence-corrected chi connectivity index (χ0v) is 26.6. The molecule has 47 heavy (non-hydrogen) atoms. The van der Waals surface area contributed by atoms with Crippen molar-refractivity contribution in [3.8, 4) is 33.6 Å². The summed E-state index contributed by atoms with van der Waals surface area (Å²) < 4.78 is 4.77. The highest BCUT2D eigenvalue weighted by Gasteiger charge is 2.37. The van der Waals surface area contributed by atoms with Crippen LogP contribution in [0.1, 0.15) is 30.7 Å². The maximum atomic E-state index is 3.90. The predicted octanol–water partition coefficient (Wildman–Crippen LogP) is 11.9. The van der Waals surface area contributed by atoms with Crippen molar-refractivity contribution in [1.29, 1.82) is 0 Å². The van der Waals surface area contributed by atoms with Gasteiger partial charge in [-0.3, -0.25) is 0 Å². The van der Waals surface area contributed by atoms with E-state index >= 15 is 0 Å². The van der Waals surface area contributed by atoms with E-state index in [1.54, 1.807) is 0 Å². The van der Waals surface area contributed by atoms with Crippen LogP contribution in [0, 0.1) is 0 Å². The lowest BCUT2D eigenvalue weighted by atomic mass is 9.82. The van der Waals surface area contributed by atoms with Gasteiger partial charge in [0.15, 0.2) is 0 Å². The van der Waals surface area contributed by atoms with E-state index in [9.17, 15) is 0 Å². The second-order valence-corrected chi connectivity index (χ2v) is 13.1.